The highest BCUT2D eigenvalue weighted by Gasteiger charge is 2.34. The third-order valence-corrected chi connectivity index (χ3v) is 3.56. The fourth-order valence-electron chi connectivity index (χ4n) is 2.20. The SMILES string of the molecule is CC1(CN)CCN(C(=O)COc2cccc(F)c2)C1.Cl. The van der Waals surface area contributed by atoms with E-state index in [9.17, 15) is 9.18 Å². The van der Waals surface area contributed by atoms with Crippen molar-refractivity contribution in [3.05, 3.63) is 30.1 Å². The van der Waals surface area contributed by atoms with Crippen LogP contribution in [0.5, 0.6) is 5.75 Å². The zero-order valence-corrected chi connectivity index (χ0v) is 12.3. The van der Waals surface area contributed by atoms with Gasteiger partial charge in [0.15, 0.2) is 6.61 Å². The number of ether oxygens (including phenoxy) is 1. The molecule has 0 radical (unpaired) electrons. The summed E-state index contributed by atoms with van der Waals surface area (Å²) in [4.78, 5) is 13.7. The molecule has 1 aliphatic rings. The van der Waals surface area contributed by atoms with Crippen LogP contribution in [0, 0.1) is 11.2 Å². The third-order valence-electron chi connectivity index (χ3n) is 3.56. The van der Waals surface area contributed by atoms with Gasteiger partial charge in [0, 0.05) is 19.2 Å². The standard InChI is InChI=1S/C14H19FN2O2.ClH/c1-14(9-16)5-6-17(10-14)13(18)8-19-12-4-2-3-11(15)7-12;/h2-4,7H,5-6,8-10,16H2,1H3;1H. The van der Waals surface area contributed by atoms with E-state index in [0.29, 0.717) is 25.4 Å². The molecule has 1 aliphatic heterocycles. The minimum Gasteiger partial charge on any atom is -0.484 e. The van der Waals surface area contributed by atoms with Crippen LogP contribution in [0.2, 0.25) is 0 Å². The molecule has 6 heteroatoms. The summed E-state index contributed by atoms with van der Waals surface area (Å²) in [5.74, 6) is -0.0857. The number of carbonyl (C=O) groups is 1. The summed E-state index contributed by atoms with van der Waals surface area (Å²) >= 11 is 0. The summed E-state index contributed by atoms with van der Waals surface area (Å²) < 4.78 is 18.3. The van der Waals surface area contributed by atoms with Crippen LogP contribution in [0.4, 0.5) is 4.39 Å². The van der Waals surface area contributed by atoms with Gasteiger partial charge in [-0.3, -0.25) is 4.79 Å². The minimum absolute atomic E-state index is 0. The lowest BCUT2D eigenvalue weighted by Crippen LogP contribution is -2.36. The Morgan fingerprint density at radius 3 is 2.90 bits per heavy atom. The first-order valence-electron chi connectivity index (χ1n) is 6.39. The zero-order valence-electron chi connectivity index (χ0n) is 11.5. The summed E-state index contributed by atoms with van der Waals surface area (Å²) in [7, 11) is 0. The lowest BCUT2D eigenvalue weighted by molar-refractivity contribution is -0.132. The van der Waals surface area contributed by atoms with E-state index in [0.717, 1.165) is 6.42 Å². The lowest BCUT2D eigenvalue weighted by atomic mass is 9.90. The van der Waals surface area contributed by atoms with Crippen molar-refractivity contribution in [2.75, 3.05) is 26.2 Å². The van der Waals surface area contributed by atoms with Crippen molar-refractivity contribution >= 4 is 18.3 Å². The van der Waals surface area contributed by atoms with Crippen LogP contribution < -0.4 is 10.5 Å². The average molecular weight is 303 g/mol. The summed E-state index contributed by atoms with van der Waals surface area (Å²) in [5, 5.41) is 0. The van der Waals surface area contributed by atoms with Crippen molar-refractivity contribution in [1.29, 1.82) is 0 Å². The Bertz CT molecular complexity index is 472. The van der Waals surface area contributed by atoms with Crippen LogP contribution in [0.25, 0.3) is 0 Å². The number of nitrogens with two attached hydrogens (primary N) is 1. The predicted octanol–water partition coefficient (Wildman–Crippen LogP) is 1.82. The lowest BCUT2D eigenvalue weighted by Gasteiger charge is -2.22. The maximum absolute atomic E-state index is 13.0. The Morgan fingerprint density at radius 2 is 2.30 bits per heavy atom. The van der Waals surface area contributed by atoms with Gasteiger partial charge >= 0.3 is 0 Å². The van der Waals surface area contributed by atoms with E-state index in [-0.39, 0.29) is 36.2 Å². The molecule has 0 aliphatic carbocycles. The molecule has 1 aromatic rings. The first kappa shape index (κ1) is 16.7. The largest absolute Gasteiger partial charge is 0.484 e. The topological polar surface area (TPSA) is 55.6 Å². The van der Waals surface area contributed by atoms with Crippen LogP contribution in [0.3, 0.4) is 0 Å². The monoisotopic (exact) mass is 302 g/mol. The molecule has 0 aromatic heterocycles. The third kappa shape index (κ3) is 4.08. The van der Waals surface area contributed by atoms with Crippen LogP contribution >= 0.6 is 12.4 Å². The van der Waals surface area contributed by atoms with Crippen molar-refractivity contribution in [1.82, 2.24) is 4.90 Å². The highest BCUT2D eigenvalue weighted by Crippen LogP contribution is 2.28. The van der Waals surface area contributed by atoms with Crippen molar-refractivity contribution in [3.63, 3.8) is 0 Å². The predicted molar refractivity (Wildman–Crippen MR) is 77.5 cm³/mol. The van der Waals surface area contributed by atoms with Crippen LogP contribution in [0.1, 0.15) is 13.3 Å². The molecule has 20 heavy (non-hydrogen) atoms. The first-order chi connectivity index (χ1) is 9.02. The number of benzene rings is 1. The second kappa shape index (κ2) is 6.90. The number of hydrogen-bond donors (Lipinski definition) is 1. The van der Waals surface area contributed by atoms with Crippen molar-refractivity contribution < 1.29 is 13.9 Å². The van der Waals surface area contributed by atoms with E-state index in [1.165, 1.54) is 12.1 Å². The molecule has 1 saturated heterocycles. The first-order valence-corrected chi connectivity index (χ1v) is 6.39. The molecule has 2 N–H and O–H groups in total. The fourth-order valence-corrected chi connectivity index (χ4v) is 2.20. The van der Waals surface area contributed by atoms with Gasteiger partial charge in [-0.15, -0.1) is 12.4 Å². The van der Waals surface area contributed by atoms with E-state index in [1.54, 1.807) is 17.0 Å². The quantitative estimate of drug-likeness (QED) is 0.923. The van der Waals surface area contributed by atoms with Gasteiger partial charge in [0.05, 0.1) is 0 Å². The van der Waals surface area contributed by atoms with Crippen molar-refractivity contribution in [2.45, 2.75) is 13.3 Å². The maximum atomic E-state index is 13.0. The van der Waals surface area contributed by atoms with Gasteiger partial charge < -0.3 is 15.4 Å². The van der Waals surface area contributed by atoms with E-state index in [4.69, 9.17) is 10.5 Å². The van der Waals surface area contributed by atoms with Gasteiger partial charge in [-0.2, -0.15) is 0 Å². The highest BCUT2D eigenvalue weighted by atomic mass is 35.5. The van der Waals surface area contributed by atoms with Gasteiger partial charge in [0.2, 0.25) is 0 Å². The van der Waals surface area contributed by atoms with Crippen molar-refractivity contribution in [2.24, 2.45) is 11.1 Å². The number of carbonyl (C=O) groups excluding carboxylic acids is 1. The van der Waals surface area contributed by atoms with Gasteiger partial charge in [-0.25, -0.2) is 4.39 Å². The molecule has 4 nitrogen and oxygen atoms in total. The van der Waals surface area contributed by atoms with E-state index in [1.807, 2.05) is 0 Å². The van der Waals surface area contributed by atoms with Gasteiger partial charge in [-0.1, -0.05) is 13.0 Å². The summed E-state index contributed by atoms with van der Waals surface area (Å²) in [6, 6.07) is 5.78. The zero-order chi connectivity index (χ0) is 13.9. The maximum Gasteiger partial charge on any atom is 0.260 e. The highest BCUT2D eigenvalue weighted by molar-refractivity contribution is 5.85. The molecule has 0 spiro atoms. The molecule has 1 fully saturated rings. The number of rotatable bonds is 4. The smallest absolute Gasteiger partial charge is 0.260 e. The molecule has 0 saturated carbocycles. The second-order valence-electron chi connectivity index (χ2n) is 5.33. The van der Waals surface area contributed by atoms with Crippen molar-refractivity contribution in [3.8, 4) is 5.75 Å². The fraction of sp³-hybridized carbons (Fsp3) is 0.500. The molecule has 2 rings (SSSR count). The van der Waals surface area contributed by atoms with E-state index < -0.39 is 0 Å². The Labute approximate surface area is 124 Å². The number of likely N-dealkylation sites (tertiary alicyclic amines) is 1. The van der Waals surface area contributed by atoms with E-state index in [2.05, 4.69) is 6.92 Å². The molecule has 0 bridgehead atoms. The molecule has 1 heterocycles. The van der Waals surface area contributed by atoms with Gasteiger partial charge in [0.1, 0.15) is 11.6 Å². The Morgan fingerprint density at radius 1 is 1.55 bits per heavy atom. The van der Waals surface area contributed by atoms with Crippen LogP contribution in [-0.2, 0) is 4.79 Å². The summed E-state index contributed by atoms with van der Waals surface area (Å²) in [6.45, 7) is 3.95. The van der Waals surface area contributed by atoms with Gasteiger partial charge in [-0.05, 0) is 30.5 Å². The molecule has 1 unspecified atom stereocenters. The Hall–Kier alpha value is -1.33. The Kier molecular flexibility index (Phi) is 5.77. The molecule has 1 atom stereocenters. The summed E-state index contributed by atoms with van der Waals surface area (Å²) in [5.41, 5.74) is 5.71. The normalized spacial score (nSPS) is 21.4. The summed E-state index contributed by atoms with van der Waals surface area (Å²) in [6.07, 6.45) is 0.912. The molecule has 1 amide bonds. The number of hydrogen-bond acceptors (Lipinski definition) is 3. The second-order valence-corrected chi connectivity index (χ2v) is 5.33. The minimum atomic E-state index is -0.373. The molecule has 112 valence electrons. The van der Waals surface area contributed by atoms with Crippen LogP contribution in [0.15, 0.2) is 24.3 Å². The van der Waals surface area contributed by atoms with Gasteiger partial charge in [0.25, 0.3) is 5.91 Å². The number of amides is 1. The Balaban J connectivity index is 0.00000200. The van der Waals surface area contributed by atoms with E-state index >= 15 is 0 Å². The molecular weight excluding hydrogens is 283 g/mol. The number of nitrogens with zero attached hydrogens (tertiary/aromatic N) is 1. The number of halogens is 2. The molecular formula is C14H20ClFN2O2. The average Bonchev–Trinajstić information content (AvgIpc) is 2.80. The van der Waals surface area contributed by atoms with Crippen LogP contribution in [-0.4, -0.2) is 37.0 Å². The molecule has 1 aromatic carbocycles.